The fourth-order valence-electron chi connectivity index (χ4n) is 3.37. The third-order valence-electron chi connectivity index (χ3n) is 4.86. The van der Waals surface area contributed by atoms with Crippen LogP contribution in [0.25, 0.3) is 11.0 Å². The van der Waals surface area contributed by atoms with Gasteiger partial charge in [0.1, 0.15) is 5.82 Å². The van der Waals surface area contributed by atoms with Crippen molar-refractivity contribution in [2.45, 2.75) is 39.8 Å². The number of pyridine rings is 1. The van der Waals surface area contributed by atoms with Crippen molar-refractivity contribution in [3.63, 3.8) is 0 Å². The Morgan fingerprint density at radius 2 is 2.06 bits per heavy atom. The zero-order chi connectivity index (χ0) is 22.7. The third-order valence-corrected chi connectivity index (χ3v) is 4.86. The average molecular weight is 429 g/mol. The van der Waals surface area contributed by atoms with E-state index in [1.807, 2.05) is 20.8 Å². The predicted molar refractivity (Wildman–Crippen MR) is 117 cm³/mol. The van der Waals surface area contributed by atoms with Gasteiger partial charge in [-0.3, -0.25) is 24.0 Å². The SMILES string of the molecule is CCCn1c(N)c(N(CCOC)C(=O)c2cnc3c(cnn3C(C)C)c2)c(=O)[nH]c1=O. The van der Waals surface area contributed by atoms with Gasteiger partial charge in [0.05, 0.1) is 18.4 Å². The maximum Gasteiger partial charge on any atom is 0.330 e. The number of nitrogen functional groups attached to an aromatic ring is 1. The minimum atomic E-state index is -0.735. The molecule has 166 valence electrons. The Balaban J connectivity index is 2.11. The molecule has 3 aromatic rings. The summed E-state index contributed by atoms with van der Waals surface area (Å²) in [5, 5.41) is 5.01. The Hall–Kier alpha value is -3.47. The quantitative estimate of drug-likeness (QED) is 0.547. The van der Waals surface area contributed by atoms with E-state index in [0.717, 1.165) is 0 Å². The molecule has 0 saturated heterocycles. The number of aromatic nitrogens is 5. The van der Waals surface area contributed by atoms with Crippen LogP contribution in [0, 0.1) is 0 Å². The number of amides is 1. The molecular weight excluding hydrogens is 402 g/mol. The molecule has 0 aliphatic carbocycles. The van der Waals surface area contributed by atoms with E-state index < -0.39 is 17.2 Å². The van der Waals surface area contributed by atoms with Gasteiger partial charge in [-0.2, -0.15) is 5.10 Å². The number of methoxy groups -OCH3 is 1. The number of nitrogens with zero attached hydrogens (tertiary/aromatic N) is 5. The van der Waals surface area contributed by atoms with E-state index in [-0.39, 0.29) is 36.3 Å². The minimum absolute atomic E-state index is 0.0657. The summed E-state index contributed by atoms with van der Waals surface area (Å²) in [5.74, 6) is -0.552. The highest BCUT2D eigenvalue weighted by molar-refractivity contribution is 6.08. The van der Waals surface area contributed by atoms with Crippen LogP contribution < -0.4 is 21.9 Å². The molecule has 0 aliphatic heterocycles. The number of nitrogens with one attached hydrogen (secondary N) is 1. The number of aromatic amines is 1. The van der Waals surface area contributed by atoms with Gasteiger partial charge < -0.3 is 10.5 Å². The van der Waals surface area contributed by atoms with Gasteiger partial charge in [0, 0.05) is 37.8 Å². The summed E-state index contributed by atoms with van der Waals surface area (Å²) in [5.41, 5.74) is 5.65. The van der Waals surface area contributed by atoms with Crippen LogP contribution in [0.1, 0.15) is 43.6 Å². The number of hydrogen-bond acceptors (Lipinski definition) is 7. The van der Waals surface area contributed by atoms with Gasteiger partial charge >= 0.3 is 5.69 Å². The molecule has 0 fully saturated rings. The number of fused-ring (bicyclic) bond motifs is 1. The Labute approximate surface area is 178 Å². The first-order valence-electron chi connectivity index (χ1n) is 10.1. The summed E-state index contributed by atoms with van der Waals surface area (Å²) in [6.07, 6.45) is 3.71. The van der Waals surface area contributed by atoms with E-state index in [9.17, 15) is 14.4 Å². The maximum atomic E-state index is 13.4. The molecule has 0 spiro atoms. The Morgan fingerprint density at radius 3 is 2.71 bits per heavy atom. The molecular formula is C20H27N7O4. The van der Waals surface area contributed by atoms with Crippen molar-refractivity contribution in [1.29, 1.82) is 0 Å². The first kappa shape index (κ1) is 22.2. The highest BCUT2D eigenvalue weighted by atomic mass is 16.5. The number of carbonyl (C=O) groups is 1. The second-order valence-corrected chi connectivity index (χ2v) is 7.41. The van der Waals surface area contributed by atoms with Crippen molar-refractivity contribution in [3.05, 3.63) is 44.9 Å². The van der Waals surface area contributed by atoms with Crippen LogP contribution >= 0.6 is 0 Å². The normalized spacial score (nSPS) is 11.4. The van der Waals surface area contributed by atoms with Gasteiger partial charge in [-0.1, -0.05) is 6.92 Å². The lowest BCUT2D eigenvalue weighted by Gasteiger charge is -2.24. The number of H-pyrrole nitrogens is 1. The fraction of sp³-hybridized carbons (Fsp3) is 0.450. The molecule has 31 heavy (non-hydrogen) atoms. The topological polar surface area (TPSA) is 141 Å². The molecule has 0 aliphatic rings. The lowest BCUT2D eigenvalue weighted by molar-refractivity contribution is 0.0975. The zero-order valence-corrected chi connectivity index (χ0v) is 18.1. The molecule has 0 unspecified atom stereocenters. The number of nitrogens with two attached hydrogens (primary N) is 1. The monoisotopic (exact) mass is 429 g/mol. The molecule has 0 aromatic carbocycles. The summed E-state index contributed by atoms with van der Waals surface area (Å²) in [6.45, 7) is 6.39. The van der Waals surface area contributed by atoms with E-state index in [1.54, 1.807) is 16.9 Å². The number of ether oxygens (including phenoxy) is 1. The van der Waals surface area contributed by atoms with Crippen molar-refractivity contribution >= 4 is 28.4 Å². The Morgan fingerprint density at radius 1 is 1.32 bits per heavy atom. The van der Waals surface area contributed by atoms with Gasteiger partial charge in [0.15, 0.2) is 11.3 Å². The standard InChI is InChI=1S/C20H27N7O4/c1-5-6-26-16(21)15(18(28)24-20(26)30)25(7-8-31-4)19(29)14-9-13-11-23-27(12(2)3)17(13)22-10-14/h9-12H,5-8,21H2,1-4H3,(H,24,28,30). The molecule has 11 heteroatoms. The van der Waals surface area contributed by atoms with Gasteiger partial charge in [-0.05, 0) is 26.3 Å². The predicted octanol–water partition coefficient (Wildman–Crippen LogP) is 1.15. The Bertz CT molecular complexity index is 1210. The van der Waals surface area contributed by atoms with Crippen molar-refractivity contribution < 1.29 is 9.53 Å². The summed E-state index contributed by atoms with van der Waals surface area (Å²) < 4.78 is 8.12. The smallest absolute Gasteiger partial charge is 0.330 e. The lowest BCUT2D eigenvalue weighted by Crippen LogP contribution is -2.42. The van der Waals surface area contributed by atoms with E-state index in [4.69, 9.17) is 10.5 Å². The van der Waals surface area contributed by atoms with Crippen LogP contribution in [-0.4, -0.2) is 50.5 Å². The summed E-state index contributed by atoms with van der Waals surface area (Å²) in [6, 6.07) is 1.78. The van der Waals surface area contributed by atoms with Gasteiger partial charge in [0.25, 0.3) is 11.5 Å². The van der Waals surface area contributed by atoms with Crippen LogP contribution in [0.2, 0.25) is 0 Å². The van der Waals surface area contributed by atoms with Crippen LogP contribution in [0.4, 0.5) is 11.5 Å². The van der Waals surface area contributed by atoms with Crippen molar-refractivity contribution in [3.8, 4) is 0 Å². The van der Waals surface area contributed by atoms with Crippen LogP contribution in [-0.2, 0) is 11.3 Å². The number of hydrogen-bond donors (Lipinski definition) is 2. The van der Waals surface area contributed by atoms with Crippen LogP contribution in [0.3, 0.4) is 0 Å². The molecule has 3 rings (SSSR count). The van der Waals surface area contributed by atoms with E-state index >= 15 is 0 Å². The fourth-order valence-corrected chi connectivity index (χ4v) is 3.37. The lowest BCUT2D eigenvalue weighted by atomic mass is 10.2. The summed E-state index contributed by atoms with van der Waals surface area (Å²) in [4.78, 5) is 46.1. The molecule has 11 nitrogen and oxygen atoms in total. The average Bonchev–Trinajstić information content (AvgIpc) is 3.16. The third kappa shape index (κ3) is 4.22. The van der Waals surface area contributed by atoms with E-state index in [2.05, 4.69) is 15.1 Å². The van der Waals surface area contributed by atoms with Gasteiger partial charge in [-0.25, -0.2) is 14.5 Å². The van der Waals surface area contributed by atoms with Gasteiger partial charge in [-0.15, -0.1) is 0 Å². The first-order chi connectivity index (χ1) is 14.8. The summed E-state index contributed by atoms with van der Waals surface area (Å²) in [7, 11) is 1.49. The van der Waals surface area contributed by atoms with Crippen LogP contribution in [0.15, 0.2) is 28.0 Å². The second-order valence-electron chi connectivity index (χ2n) is 7.41. The molecule has 1 amide bonds. The molecule has 0 saturated carbocycles. The van der Waals surface area contributed by atoms with E-state index in [0.29, 0.717) is 24.0 Å². The molecule has 0 atom stereocenters. The molecule has 0 bridgehead atoms. The molecule has 0 radical (unpaired) electrons. The van der Waals surface area contributed by atoms with Crippen LogP contribution in [0.5, 0.6) is 0 Å². The maximum absolute atomic E-state index is 13.4. The molecule has 3 N–H and O–H groups in total. The second kappa shape index (κ2) is 9.13. The molecule has 3 aromatic heterocycles. The Kier molecular flexibility index (Phi) is 6.54. The van der Waals surface area contributed by atoms with Gasteiger partial charge in [0.2, 0.25) is 0 Å². The number of carbonyl (C=O) groups excluding carboxylic acids is 1. The zero-order valence-electron chi connectivity index (χ0n) is 18.1. The molecule has 3 heterocycles. The van der Waals surface area contributed by atoms with Crippen molar-refractivity contribution in [2.24, 2.45) is 0 Å². The highest BCUT2D eigenvalue weighted by Gasteiger charge is 2.26. The largest absolute Gasteiger partial charge is 0.383 e. The summed E-state index contributed by atoms with van der Waals surface area (Å²) >= 11 is 0. The van der Waals surface area contributed by atoms with Crippen molar-refractivity contribution in [2.75, 3.05) is 30.9 Å². The first-order valence-corrected chi connectivity index (χ1v) is 10.1. The number of anilines is 2. The van der Waals surface area contributed by atoms with E-state index in [1.165, 1.54) is 22.8 Å². The van der Waals surface area contributed by atoms with Crippen molar-refractivity contribution in [1.82, 2.24) is 24.3 Å². The minimum Gasteiger partial charge on any atom is -0.383 e. The highest BCUT2D eigenvalue weighted by Crippen LogP contribution is 2.22. The number of rotatable bonds is 8.